The summed E-state index contributed by atoms with van der Waals surface area (Å²) in [6.45, 7) is 9.95. The summed E-state index contributed by atoms with van der Waals surface area (Å²) in [4.78, 5) is 9.45. The molecule has 7 nitrogen and oxygen atoms in total. The average molecular weight is 442 g/mol. The summed E-state index contributed by atoms with van der Waals surface area (Å²) in [6, 6.07) is 5.97. The van der Waals surface area contributed by atoms with Gasteiger partial charge in [0.05, 0.1) is 12.6 Å². The number of piperazine rings is 1. The number of rotatable bonds is 12. The Kier molecular flexibility index (Phi) is 11.6. The van der Waals surface area contributed by atoms with E-state index in [1.165, 1.54) is 12.1 Å². The molecule has 0 aromatic heterocycles. The molecule has 9 heteroatoms. The van der Waals surface area contributed by atoms with E-state index in [4.69, 9.17) is 0 Å². The molecule has 1 unspecified atom stereocenters. The summed E-state index contributed by atoms with van der Waals surface area (Å²) in [5.74, 6) is 0.729. The van der Waals surface area contributed by atoms with Crippen LogP contribution in [0.3, 0.4) is 0 Å². The van der Waals surface area contributed by atoms with Gasteiger partial charge in [-0.2, -0.15) is 8.78 Å². The Labute approximate surface area is 184 Å². The fraction of sp³-hybridized carbons (Fsp3) is 0.682. The Morgan fingerprint density at radius 1 is 1.06 bits per heavy atom. The first-order chi connectivity index (χ1) is 15.0. The molecule has 0 amide bonds. The minimum Gasteiger partial charge on any atom is -0.435 e. The number of aliphatic hydroxyl groups excluding tert-OH is 1. The number of unbranched alkanes of at least 4 members (excludes halogenated alkanes) is 1. The molecule has 2 rings (SSSR count). The molecule has 1 aliphatic rings. The maximum absolute atomic E-state index is 12.2. The number of aliphatic hydroxyl groups is 1. The van der Waals surface area contributed by atoms with E-state index in [9.17, 15) is 13.9 Å². The van der Waals surface area contributed by atoms with Crippen molar-refractivity contribution < 1.29 is 18.6 Å². The van der Waals surface area contributed by atoms with Gasteiger partial charge in [0.25, 0.3) is 0 Å². The van der Waals surface area contributed by atoms with Gasteiger partial charge in [0.2, 0.25) is 0 Å². The molecule has 3 N–H and O–H groups in total. The number of alkyl halides is 2. The second-order valence-corrected chi connectivity index (χ2v) is 7.59. The molecular weight excluding hydrogens is 404 g/mol. The minimum absolute atomic E-state index is 0.0664. The number of ether oxygens (including phenoxy) is 1. The Balaban J connectivity index is 1.69. The number of benzene rings is 1. The second kappa shape index (κ2) is 14.2. The van der Waals surface area contributed by atoms with Crippen molar-refractivity contribution in [3.8, 4) is 5.75 Å². The van der Waals surface area contributed by atoms with Crippen LogP contribution in [-0.4, -0.2) is 86.4 Å². The van der Waals surface area contributed by atoms with Crippen LogP contribution < -0.4 is 15.4 Å². The predicted molar refractivity (Wildman–Crippen MR) is 120 cm³/mol. The summed E-state index contributed by atoms with van der Waals surface area (Å²) in [7, 11) is 0. The van der Waals surface area contributed by atoms with Crippen LogP contribution in [0.4, 0.5) is 8.78 Å². The van der Waals surface area contributed by atoms with Gasteiger partial charge >= 0.3 is 6.61 Å². The van der Waals surface area contributed by atoms with Gasteiger partial charge in [-0.25, -0.2) is 0 Å². The lowest BCUT2D eigenvalue weighted by Crippen LogP contribution is -2.46. The van der Waals surface area contributed by atoms with Crippen LogP contribution in [0.25, 0.3) is 0 Å². The van der Waals surface area contributed by atoms with Gasteiger partial charge in [0.1, 0.15) is 5.75 Å². The van der Waals surface area contributed by atoms with E-state index in [2.05, 4.69) is 37.1 Å². The lowest BCUT2D eigenvalue weighted by atomic mass is 10.1. The van der Waals surface area contributed by atoms with E-state index < -0.39 is 12.7 Å². The van der Waals surface area contributed by atoms with Crippen molar-refractivity contribution in [1.29, 1.82) is 0 Å². The number of likely N-dealkylation sites (N-methyl/N-ethyl adjacent to an activating group) is 1. The lowest BCUT2D eigenvalue weighted by molar-refractivity contribution is -0.0498. The maximum Gasteiger partial charge on any atom is 0.387 e. The van der Waals surface area contributed by atoms with Gasteiger partial charge in [-0.05, 0) is 50.6 Å². The van der Waals surface area contributed by atoms with Gasteiger partial charge in [-0.1, -0.05) is 19.1 Å². The van der Waals surface area contributed by atoms with E-state index in [-0.39, 0.29) is 12.3 Å². The van der Waals surface area contributed by atoms with E-state index in [0.717, 1.165) is 65.2 Å². The lowest BCUT2D eigenvalue weighted by Gasteiger charge is -2.34. The van der Waals surface area contributed by atoms with Crippen LogP contribution in [0.1, 0.15) is 38.4 Å². The van der Waals surface area contributed by atoms with E-state index >= 15 is 0 Å². The SMILES string of the molecule is CCNC(=NCC(O)c1ccc(OC(F)F)cc1)NCCCCN1CCN(CC)CC1. The molecule has 1 fully saturated rings. The van der Waals surface area contributed by atoms with E-state index in [1.807, 2.05) is 6.92 Å². The summed E-state index contributed by atoms with van der Waals surface area (Å²) in [5, 5.41) is 16.8. The fourth-order valence-corrected chi connectivity index (χ4v) is 3.49. The third-order valence-electron chi connectivity index (χ3n) is 5.36. The van der Waals surface area contributed by atoms with Gasteiger partial charge in [-0.3, -0.25) is 4.99 Å². The van der Waals surface area contributed by atoms with Crippen LogP contribution in [0, 0.1) is 0 Å². The first kappa shape index (κ1) is 25.3. The van der Waals surface area contributed by atoms with Crippen LogP contribution in [-0.2, 0) is 0 Å². The maximum atomic E-state index is 12.2. The highest BCUT2D eigenvalue weighted by atomic mass is 19.3. The molecule has 0 bridgehead atoms. The molecule has 1 atom stereocenters. The van der Waals surface area contributed by atoms with Crippen molar-refractivity contribution in [2.75, 3.05) is 58.9 Å². The number of hydrogen-bond acceptors (Lipinski definition) is 5. The standard InChI is InChI=1S/C22H37F2N5O2/c1-3-25-22(26-11-5-6-12-29-15-13-28(4-2)14-16-29)27-17-20(30)18-7-9-19(10-8-18)31-21(23)24/h7-10,20-21,30H,3-6,11-17H2,1-2H3,(H2,25,26,27). The van der Waals surface area contributed by atoms with Gasteiger partial charge in [0, 0.05) is 39.3 Å². The zero-order valence-corrected chi connectivity index (χ0v) is 18.7. The van der Waals surface area contributed by atoms with Crippen molar-refractivity contribution in [1.82, 2.24) is 20.4 Å². The number of guanidine groups is 1. The van der Waals surface area contributed by atoms with Crippen LogP contribution in [0.2, 0.25) is 0 Å². The molecule has 0 aliphatic carbocycles. The summed E-state index contributed by atoms with van der Waals surface area (Å²) >= 11 is 0. The highest BCUT2D eigenvalue weighted by Crippen LogP contribution is 2.19. The monoisotopic (exact) mass is 441 g/mol. The first-order valence-electron chi connectivity index (χ1n) is 11.2. The summed E-state index contributed by atoms with van der Waals surface area (Å²) in [6.07, 6.45) is 1.36. The topological polar surface area (TPSA) is 72.4 Å². The minimum atomic E-state index is -2.86. The average Bonchev–Trinajstić information content (AvgIpc) is 2.77. The predicted octanol–water partition coefficient (Wildman–Crippen LogP) is 2.29. The van der Waals surface area contributed by atoms with Crippen molar-refractivity contribution in [2.45, 2.75) is 39.4 Å². The Hall–Kier alpha value is -1.97. The smallest absolute Gasteiger partial charge is 0.387 e. The second-order valence-electron chi connectivity index (χ2n) is 7.59. The van der Waals surface area contributed by atoms with Gasteiger partial charge in [-0.15, -0.1) is 0 Å². The molecule has 1 saturated heterocycles. The third-order valence-corrected chi connectivity index (χ3v) is 5.36. The number of halogens is 2. The molecule has 1 heterocycles. The van der Waals surface area contributed by atoms with Crippen molar-refractivity contribution >= 4 is 5.96 Å². The number of nitrogens with zero attached hydrogens (tertiary/aromatic N) is 3. The third kappa shape index (κ3) is 9.80. The number of aliphatic imine (C=N–C) groups is 1. The molecule has 0 spiro atoms. The van der Waals surface area contributed by atoms with Gasteiger partial charge < -0.3 is 30.3 Å². The Morgan fingerprint density at radius 2 is 1.74 bits per heavy atom. The molecule has 0 radical (unpaired) electrons. The van der Waals surface area contributed by atoms with Crippen LogP contribution >= 0.6 is 0 Å². The molecule has 1 aromatic rings. The van der Waals surface area contributed by atoms with Crippen molar-refractivity contribution in [3.05, 3.63) is 29.8 Å². The van der Waals surface area contributed by atoms with Gasteiger partial charge in [0.15, 0.2) is 5.96 Å². The van der Waals surface area contributed by atoms with E-state index in [1.54, 1.807) is 12.1 Å². The molecule has 31 heavy (non-hydrogen) atoms. The van der Waals surface area contributed by atoms with Crippen LogP contribution in [0.15, 0.2) is 29.3 Å². The zero-order chi connectivity index (χ0) is 22.5. The largest absolute Gasteiger partial charge is 0.435 e. The molecule has 1 aliphatic heterocycles. The molecule has 1 aromatic carbocycles. The first-order valence-corrected chi connectivity index (χ1v) is 11.2. The normalized spacial score (nSPS) is 17.0. The molecular formula is C22H37F2N5O2. The van der Waals surface area contributed by atoms with Crippen molar-refractivity contribution in [2.24, 2.45) is 4.99 Å². The van der Waals surface area contributed by atoms with Crippen LogP contribution in [0.5, 0.6) is 5.75 Å². The van der Waals surface area contributed by atoms with E-state index in [0.29, 0.717) is 11.5 Å². The highest BCUT2D eigenvalue weighted by molar-refractivity contribution is 5.79. The quantitative estimate of drug-likeness (QED) is 0.263. The zero-order valence-electron chi connectivity index (χ0n) is 18.7. The molecule has 176 valence electrons. The number of nitrogens with one attached hydrogen (secondary N) is 2. The Bertz CT molecular complexity index is 637. The molecule has 0 saturated carbocycles. The highest BCUT2D eigenvalue weighted by Gasteiger charge is 2.14. The fourth-order valence-electron chi connectivity index (χ4n) is 3.49. The van der Waals surface area contributed by atoms with Crippen molar-refractivity contribution in [3.63, 3.8) is 0 Å². The summed E-state index contributed by atoms with van der Waals surface area (Å²) in [5.41, 5.74) is 0.601. The number of hydrogen-bond donors (Lipinski definition) is 3. The Morgan fingerprint density at radius 3 is 2.35 bits per heavy atom. The summed E-state index contributed by atoms with van der Waals surface area (Å²) < 4.78 is 28.8.